The molecule has 2 rings (SSSR count). The lowest BCUT2D eigenvalue weighted by atomic mass is 10.5. The Bertz CT molecular complexity index is 369. The van der Waals surface area contributed by atoms with Crippen molar-refractivity contribution in [3.63, 3.8) is 0 Å². The Morgan fingerprint density at radius 2 is 2.08 bits per heavy atom. The number of aromatic nitrogens is 3. The van der Waals surface area contributed by atoms with E-state index in [-0.39, 0.29) is 5.88 Å². The van der Waals surface area contributed by atoms with E-state index in [1.807, 2.05) is 12.1 Å². The largest absolute Gasteiger partial charge is 0.493 e. The standard InChI is InChI=1S/C8H7N3O/c12-8-4-6-10-11(8)7-3-1-2-5-9-7/h1-6,12H. The maximum absolute atomic E-state index is 9.26. The second-order valence-electron chi connectivity index (χ2n) is 2.29. The van der Waals surface area contributed by atoms with Crippen LogP contribution >= 0.6 is 0 Å². The summed E-state index contributed by atoms with van der Waals surface area (Å²) in [6.45, 7) is 0. The monoisotopic (exact) mass is 161 g/mol. The minimum absolute atomic E-state index is 0.0914. The van der Waals surface area contributed by atoms with Gasteiger partial charge in [-0.25, -0.2) is 4.98 Å². The summed E-state index contributed by atoms with van der Waals surface area (Å²) in [7, 11) is 0. The van der Waals surface area contributed by atoms with E-state index in [9.17, 15) is 5.11 Å². The summed E-state index contributed by atoms with van der Waals surface area (Å²) < 4.78 is 1.36. The molecule has 0 fully saturated rings. The second kappa shape index (κ2) is 2.65. The quantitative estimate of drug-likeness (QED) is 0.678. The van der Waals surface area contributed by atoms with E-state index < -0.39 is 0 Å². The van der Waals surface area contributed by atoms with E-state index in [2.05, 4.69) is 10.1 Å². The van der Waals surface area contributed by atoms with E-state index >= 15 is 0 Å². The molecule has 4 nitrogen and oxygen atoms in total. The summed E-state index contributed by atoms with van der Waals surface area (Å²) in [5, 5.41) is 13.2. The van der Waals surface area contributed by atoms with Crippen molar-refractivity contribution in [2.75, 3.05) is 0 Å². The number of hydrogen-bond acceptors (Lipinski definition) is 3. The van der Waals surface area contributed by atoms with Gasteiger partial charge in [0, 0.05) is 12.3 Å². The van der Waals surface area contributed by atoms with Crippen molar-refractivity contribution in [2.45, 2.75) is 0 Å². The van der Waals surface area contributed by atoms with Crippen molar-refractivity contribution in [2.24, 2.45) is 0 Å². The van der Waals surface area contributed by atoms with Gasteiger partial charge in [-0.2, -0.15) is 9.78 Å². The molecular formula is C8H7N3O. The Morgan fingerprint density at radius 3 is 2.67 bits per heavy atom. The fourth-order valence-corrected chi connectivity index (χ4v) is 0.952. The van der Waals surface area contributed by atoms with Crippen LogP contribution in [0.15, 0.2) is 36.7 Å². The van der Waals surface area contributed by atoms with Crippen LogP contribution in [0.25, 0.3) is 5.82 Å². The van der Waals surface area contributed by atoms with E-state index in [1.54, 1.807) is 12.3 Å². The van der Waals surface area contributed by atoms with Gasteiger partial charge in [0.05, 0.1) is 6.20 Å². The molecule has 0 bridgehead atoms. The van der Waals surface area contributed by atoms with Crippen LogP contribution in [-0.4, -0.2) is 19.9 Å². The van der Waals surface area contributed by atoms with Gasteiger partial charge in [-0.05, 0) is 12.1 Å². The smallest absolute Gasteiger partial charge is 0.215 e. The molecule has 2 heterocycles. The fraction of sp³-hybridized carbons (Fsp3) is 0. The SMILES string of the molecule is Oc1ccnn1-c1ccccn1. The molecule has 0 atom stereocenters. The van der Waals surface area contributed by atoms with Crippen molar-refractivity contribution in [1.29, 1.82) is 0 Å². The maximum atomic E-state index is 9.26. The lowest BCUT2D eigenvalue weighted by Crippen LogP contribution is -1.97. The van der Waals surface area contributed by atoms with Gasteiger partial charge in [-0.15, -0.1) is 0 Å². The third-order valence-electron chi connectivity index (χ3n) is 1.49. The van der Waals surface area contributed by atoms with Crippen molar-refractivity contribution in [1.82, 2.24) is 14.8 Å². The van der Waals surface area contributed by atoms with E-state index in [4.69, 9.17) is 0 Å². The van der Waals surface area contributed by atoms with Gasteiger partial charge in [0.1, 0.15) is 0 Å². The Morgan fingerprint density at radius 1 is 1.17 bits per heavy atom. The first kappa shape index (κ1) is 6.84. The highest BCUT2D eigenvalue weighted by Gasteiger charge is 2.01. The average molecular weight is 161 g/mol. The first-order valence-corrected chi connectivity index (χ1v) is 3.52. The molecule has 0 aliphatic carbocycles. The van der Waals surface area contributed by atoms with Crippen LogP contribution in [0.3, 0.4) is 0 Å². The highest BCUT2D eigenvalue weighted by atomic mass is 16.3. The zero-order chi connectivity index (χ0) is 8.39. The zero-order valence-corrected chi connectivity index (χ0v) is 6.25. The molecule has 2 aromatic heterocycles. The Balaban J connectivity index is 2.51. The number of rotatable bonds is 1. The number of pyridine rings is 1. The first-order chi connectivity index (χ1) is 5.88. The molecular weight excluding hydrogens is 154 g/mol. The summed E-state index contributed by atoms with van der Waals surface area (Å²) in [5.41, 5.74) is 0. The third kappa shape index (κ3) is 1.03. The van der Waals surface area contributed by atoms with Crippen LogP contribution in [0.1, 0.15) is 0 Å². The van der Waals surface area contributed by atoms with Crippen LogP contribution in [0.4, 0.5) is 0 Å². The normalized spacial score (nSPS) is 10.0. The van der Waals surface area contributed by atoms with Gasteiger partial charge >= 0.3 is 0 Å². The molecule has 0 unspecified atom stereocenters. The van der Waals surface area contributed by atoms with Gasteiger partial charge in [0.15, 0.2) is 5.82 Å². The molecule has 60 valence electrons. The number of hydrogen-bond donors (Lipinski definition) is 1. The van der Waals surface area contributed by atoms with E-state index in [0.717, 1.165) is 0 Å². The molecule has 0 spiro atoms. The molecule has 4 heteroatoms. The lowest BCUT2D eigenvalue weighted by Gasteiger charge is -1.99. The second-order valence-corrected chi connectivity index (χ2v) is 2.29. The molecule has 0 aromatic carbocycles. The summed E-state index contributed by atoms with van der Waals surface area (Å²) in [6.07, 6.45) is 3.17. The Labute approximate surface area is 69.1 Å². The van der Waals surface area contributed by atoms with Crippen molar-refractivity contribution in [3.8, 4) is 11.7 Å². The maximum Gasteiger partial charge on any atom is 0.215 e. The molecule has 0 aliphatic rings. The average Bonchev–Trinajstić information content (AvgIpc) is 2.53. The van der Waals surface area contributed by atoms with Crippen LogP contribution in [0.5, 0.6) is 5.88 Å². The summed E-state index contributed by atoms with van der Waals surface area (Å²) in [5.74, 6) is 0.703. The van der Waals surface area contributed by atoms with Crippen molar-refractivity contribution in [3.05, 3.63) is 36.7 Å². The third-order valence-corrected chi connectivity index (χ3v) is 1.49. The van der Waals surface area contributed by atoms with Gasteiger partial charge in [-0.1, -0.05) is 6.07 Å². The van der Waals surface area contributed by atoms with Crippen molar-refractivity contribution >= 4 is 0 Å². The minimum atomic E-state index is 0.0914. The first-order valence-electron chi connectivity index (χ1n) is 3.52. The van der Waals surface area contributed by atoms with Crippen LogP contribution < -0.4 is 0 Å². The molecule has 12 heavy (non-hydrogen) atoms. The molecule has 0 amide bonds. The fourth-order valence-electron chi connectivity index (χ4n) is 0.952. The summed E-state index contributed by atoms with van der Waals surface area (Å²) in [4.78, 5) is 4.02. The molecule has 2 aromatic rings. The lowest BCUT2D eigenvalue weighted by molar-refractivity contribution is 0.432. The van der Waals surface area contributed by atoms with Gasteiger partial charge in [0.2, 0.25) is 5.88 Å². The highest BCUT2D eigenvalue weighted by Crippen LogP contribution is 2.11. The molecule has 0 saturated carbocycles. The van der Waals surface area contributed by atoms with E-state index in [0.29, 0.717) is 5.82 Å². The Hall–Kier alpha value is -1.84. The molecule has 0 saturated heterocycles. The van der Waals surface area contributed by atoms with Gasteiger partial charge in [-0.3, -0.25) is 0 Å². The van der Waals surface area contributed by atoms with Gasteiger partial charge in [0.25, 0.3) is 0 Å². The number of aromatic hydroxyl groups is 1. The van der Waals surface area contributed by atoms with Crippen LogP contribution in [0, 0.1) is 0 Å². The topological polar surface area (TPSA) is 50.9 Å². The van der Waals surface area contributed by atoms with Crippen LogP contribution in [-0.2, 0) is 0 Å². The summed E-state index contributed by atoms with van der Waals surface area (Å²) in [6, 6.07) is 6.93. The predicted molar refractivity (Wildman–Crippen MR) is 43.0 cm³/mol. The van der Waals surface area contributed by atoms with Gasteiger partial charge < -0.3 is 5.11 Å². The molecule has 0 aliphatic heterocycles. The Kier molecular flexibility index (Phi) is 1.51. The summed E-state index contributed by atoms with van der Waals surface area (Å²) >= 11 is 0. The zero-order valence-electron chi connectivity index (χ0n) is 6.25. The predicted octanol–water partition coefficient (Wildman–Crippen LogP) is 0.973. The molecule has 1 N–H and O–H groups in total. The van der Waals surface area contributed by atoms with Crippen LogP contribution in [0.2, 0.25) is 0 Å². The minimum Gasteiger partial charge on any atom is -0.493 e. The highest BCUT2D eigenvalue weighted by molar-refractivity contribution is 5.25. The number of nitrogens with zero attached hydrogens (tertiary/aromatic N) is 3. The molecule has 0 radical (unpaired) electrons. The van der Waals surface area contributed by atoms with Crippen molar-refractivity contribution < 1.29 is 5.11 Å². The van der Waals surface area contributed by atoms with E-state index in [1.165, 1.54) is 16.9 Å².